The maximum atomic E-state index is 12.0. The summed E-state index contributed by atoms with van der Waals surface area (Å²) in [5.41, 5.74) is 3.20. The zero-order valence-corrected chi connectivity index (χ0v) is 14.2. The molecule has 0 radical (unpaired) electrons. The van der Waals surface area contributed by atoms with E-state index in [0.29, 0.717) is 25.5 Å². The molecule has 0 N–H and O–H groups in total. The number of aryl methyl sites for hydroxylation is 1. The molecule has 0 aliphatic carbocycles. The van der Waals surface area contributed by atoms with Crippen molar-refractivity contribution in [3.8, 4) is 0 Å². The zero-order chi connectivity index (χ0) is 16.3. The van der Waals surface area contributed by atoms with Gasteiger partial charge in [-0.05, 0) is 31.7 Å². The predicted molar refractivity (Wildman–Crippen MR) is 86.1 cm³/mol. The normalized spacial score (nSPS) is 18.1. The van der Waals surface area contributed by atoms with E-state index in [9.17, 15) is 4.79 Å². The van der Waals surface area contributed by atoms with Crippen molar-refractivity contribution in [3.05, 3.63) is 17.0 Å². The van der Waals surface area contributed by atoms with Crippen molar-refractivity contribution in [2.24, 2.45) is 5.92 Å². The molecule has 1 fully saturated rings. The third kappa shape index (κ3) is 3.74. The number of hydrogen-bond acceptors (Lipinski definition) is 5. The van der Waals surface area contributed by atoms with Crippen LogP contribution in [0.5, 0.6) is 0 Å². The summed E-state index contributed by atoms with van der Waals surface area (Å²) >= 11 is 0. The molecule has 0 aromatic carbocycles. The Labute approximate surface area is 132 Å². The summed E-state index contributed by atoms with van der Waals surface area (Å²) in [7, 11) is 5.55. The molecule has 122 valence electrons. The number of anilines is 1. The molecule has 1 amide bonds. The number of aromatic nitrogens is 2. The lowest BCUT2D eigenvalue weighted by Crippen LogP contribution is -2.29. The summed E-state index contributed by atoms with van der Waals surface area (Å²) in [4.78, 5) is 25.0. The maximum Gasteiger partial charge on any atom is 0.225 e. The lowest BCUT2D eigenvalue weighted by molar-refractivity contribution is -0.128. The van der Waals surface area contributed by atoms with E-state index in [2.05, 4.69) is 16.9 Å². The van der Waals surface area contributed by atoms with Gasteiger partial charge in [-0.25, -0.2) is 9.97 Å². The lowest BCUT2D eigenvalue weighted by Gasteiger charge is -2.18. The van der Waals surface area contributed by atoms with E-state index in [-0.39, 0.29) is 5.91 Å². The molecule has 1 aromatic rings. The van der Waals surface area contributed by atoms with E-state index >= 15 is 0 Å². The van der Waals surface area contributed by atoms with Crippen LogP contribution >= 0.6 is 0 Å². The molecule has 6 heteroatoms. The number of nitrogens with zero attached hydrogens (tertiary/aromatic N) is 4. The van der Waals surface area contributed by atoms with Gasteiger partial charge in [-0.2, -0.15) is 0 Å². The number of carbonyl (C=O) groups is 1. The molecule has 1 saturated heterocycles. The van der Waals surface area contributed by atoms with Gasteiger partial charge in [0.2, 0.25) is 11.9 Å². The minimum absolute atomic E-state index is 0.221. The Morgan fingerprint density at radius 1 is 1.32 bits per heavy atom. The van der Waals surface area contributed by atoms with Gasteiger partial charge in [0.25, 0.3) is 0 Å². The number of hydrogen-bond donors (Lipinski definition) is 0. The van der Waals surface area contributed by atoms with Crippen LogP contribution in [-0.4, -0.2) is 61.7 Å². The predicted octanol–water partition coefficient (Wildman–Crippen LogP) is 1.20. The lowest BCUT2D eigenvalue weighted by atomic mass is 9.99. The van der Waals surface area contributed by atoms with Crippen LogP contribution in [0.2, 0.25) is 0 Å². The molecule has 1 aromatic heterocycles. The highest BCUT2D eigenvalue weighted by molar-refractivity contribution is 5.78. The van der Waals surface area contributed by atoms with E-state index in [0.717, 1.165) is 35.9 Å². The topological polar surface area (TPSA) is 58.6 Å². The van der Waals surface area contributed by atoms with Gasteiger partial charge in [0.1, 0.15) is 0 Å². The van der Waals surface area contributed by atoms with Crippen molar-refractivity contribution in [3.63, 3.8) is 0 Å². The van der Waals surface area contributed by atoms with E-state index in [1.165, 1.54) is 0 Å². The van der Waals surface area contributed by atoms with Crippen molar-refractivity contribution in [2.45, 2.75) is 26.7 Å². The third-order valence-corrected chi connectivity index (χ3v) is 4.22. The molecule has 0 saturated carbocycles. The fourth-order valence-electron chi connectivity index (χ4n) is 2.75. The average Bonchev–Trinajstić information content (AvgIpc) is 2.81. The van der Waals surface area contributed by atoms with Crippen molar-refractivity contribution in [1.82, 2.24) is 14.9 Å². The Bertz CT molecular complexity index is 545. The maximum absolute atomic E-state index is 12.0. The molecular formula is C16H26N4O2. The van der Waals surface area contributed by atoms with E-state index < -0.39 is 0 Å². The van der Waals surface area contributed by atoms with Gasteiger partial charge < -0.3 is 14.5 Å². The fraction of sp³-hybridized carbons (Fsp3) is 0.688. The zero-order valence-electron chi connectivity index (χ0n) is 14.2. The molecule has 0 unspecified atom stereocenters. The minimum Gasteiger partial charge on any atom is -0.383 e. The van der Waals surface area contributed by atoms with Crippen molar-refractivity contribution < 1.29 is 9.53 Å². The van der Waals surface area contributed by atoms with Crippen LogP contribution in [-0.2, 0) is 16.0 Å². The van der Waals surface area contributed by atoms with Crippen LogP contribution in [0.1, 0.15) is 23.4 Å². The minimum atomic E-state index is 0.221. The van der Waals surface area contributed by atoms with Crippen LogP contribution in [0, 0.1) is 19.8 Å². The second-order valence-electron chi connectivity index (χ2n) is 6.18. The number of likely N-dealkylation sites (tertiary alicyclic amines) is 1. The Kier molecular flexibility index (Phi) is 5.34. The Hall–Kier alpha value is -1.69. The van der Waals surface area contributed by atoms with E-state index in [4.69, 9.17) is 4.74 Å². The van der Waals surface area contributed by atoms with Gasteiger partial charge in [-0.3, -0.25) is 4.79 Å². The summed E-state index contributed by atoms with van der Waals surface area (Å²) in [5.74, 6) is 1.28. The summed E-state index contributed by atoms with van der Waals surface area (Å²) in [5, 5.41) is 0. The smallest absolute Gasteiger partial charge is 0.225 e. The van der Waals surface area contributed by atoms with E-state index in [1.54, 1.807) is 7.11 Å². The molecule has 2 rings (SSSR count). The van der Waals surface area contributed by atoms with Gasteiger partial charge >= 0.3 is 0 Å². The highest BCUT2D eigenvalue weighted by Gasteiger charge is 2.30. The standard InChI is InChI=1S/C16H26N4O2/c1-11-12(2)17-16(19(3)4)18-14(11)8-13-9-15(21)20(10-13)6-7-22-5/h13H,6-10H2,1-5H3/t13-/m0/s1. The molecule has 1 aliphatic heterocycles. The first-order valence-corrected chi connectivity index (χ1v) is 7.70. The molecule has 1 aliphatic rings. The van der Waals surface area contributed by atoms with Crippen LogP contribution in [0.15, 0.2) is 0 Å². The highest BCUT2D eigenvalue weighted by Crippen LogP contribution is 2.24. The number of ether oxygens (including phenoxy) is 1. The second-order valence-corrected chi connectivity index (χ2v) is 6.18. The largest absolute Gasteiger partial charge is 0.383 e. The fourth-order valence-corrected chi connectivity index (χ4v) is 2.75. The third-order valence-electron chi connectivity index (χ3n) is 4.22. The molecule has 1 atom stereocenters. The SMILES string of the molecule is COCCN1C[C@@H](Cc2nc(N(C)C)nc(C)c2C)CC1=O. The Morgan fingerprint density at radius 2 is 2.05 bits per heavy atom. The molecular weight excluding hydrogens is 280 g/mol. The number of carbonyl (C=O) groups excluding carboxylic acids is 1. The van der Waals surface area contributed by atoms with Crippen LogP contribution in [0.3, 0.4) is 0 Å². The van der Waals surface area contributed by atoms with Gasteiger partial charge in [-0.1, -0.05) is 0 Å². The van der Waals surface area contributed by atoms with Crippen LogP contribution in [0.25, 0.3) is 0 Å². The van der Waals surface area contributed by atoms with Gasteiger partial charge in [0.05, 0.1) is 6.61 Å². The van der Waals surface area contributed by atoms with E-state index in [1.807, 2.05) is 30.8 Å². The van der Waals surface area contributed by atoms with Gasteiger partial charge in [-0.15, -0.1) is 0 Å². The monoisotopic (exact) mass is 306 g/mol. The molecule has 6 nitrogen and oxygen atoms in total. The summed E-state index contributed by atoms with van der Waals surface area (Å²) in [6, 6.07) is 0. The molecule has 0 spiro atoms. The summed E-state index contributed by atoms with van der Waals surface area (Å²) < 4.78 is 5.06. The first-order valence-electron chi connectivity index (χ1n) is 7.70. The Balaban J connectivity index is 2.09. The van der Waals surface area contributed by atoms with Crippen molar-refractivity contribution in [1.29, 1.82) is 0 Å². The molecule has 2 heterocycles. The number of amides is 1. The Morgan fingerprint density at radius 3 is 2.68 bits per heavy atom. The quantitative estimate of drug-likeness (QED) is 0.790. The van der Waals surface area contributed by atoms with Crippen molar-refractivity contribution >= 4 is 11.9 Å². The molecule has 22 heavy (non-hydrogen) atoms. The van der Waals surface area contributed by atoms with Crippen LogP contribution < -0.4 is 4.90 Å². The number of rotatable bonds is 6. The first kappa shape index (κ1) is 16.7. The second kappa shape index (κ2) is 7.05. The first-order chi connectivity index (χ1) is 10.4. The average molecular weight is 306 g/mol. The summed E-state index contributed by atoms with van der Waals surface area (Å²) in [6.45, 7) is 6.13. The van der Waals surface area contributed by atoms with Crippen LogP contribution in [0.4, 0.5) is 5.95 Å². The van der Waals surface area contributed by atoms with Crippen molar-refractivity contribution in [2.75, 3.05) is 45.8 Å². The van der Waals surface area contributed by atoms with Gasteiger partial charge in [0, 0.05) is 52.1 Å². The highest BCUT2D eigenvalue weighted by atomic mass is 16.5. The summed E-state index contributed by atoms with van der Waals surface area (Å²) in [6.07, 6.45) is 1.43. The number of methoxy groups -OCH3 is 1. The van der Waals surface area contributed by atoms with Gasteiger partial charge in [0.15, 0.2) is 0 Å². The molecule has 0 bridgehead atoms.